The minimum absolute atomic E-state index is 0.134. The maximum absolute atomic E-state index is 13.0. The molecule has 10 heteroatoms. The van der Waals surface area contributed by atoms with Gasteiger partial charge in [0.2, 0.25) is 0 Å². The van der Waals surface area contributed by atoms with Crippen LogP contribution < -0.4 is 15.0 Å². The summed E-state index contributed by atoms with van der Waals surface area (Å²) in [7, 11) is 0. The van der Waals surface area contributed by atoms with Crippen molar-refractivity contribution in [1.29, 1.82) is 0 Å². The summed E-state index contributed by atoms with van der Waals surface area (Å²) in [6.07, 6.45) is -3.25. The van der Waals surface area contributed by atoms with Crippen LogP contribution in [0.2, 0.25) is 5.02 Å². The summed E-state index contributed by atoms with van der Waals surface area (Å²) in [5, 5.41) is 3.88. The van der Waals surface area contributed by atoms with Crippen molar-refractivity contribution in [3.63, 3.8) is 0 Å². The van der Waals surface area contributed by atoms with Crippen molar-refractivity contribution in [3.8, 4) is 5.75 Å². The van der Waals surface area contributed by atoms with E-state index in [9.17, 15) is 22.8 Å². The lowest BCUT2D eigenvalue weighted by molar-refractivity contribution is -0.274. The number of alkyl halides is 3. The molecule has 1 N–H and O–H groups in total. The molecule has 1 aliphatic heterocycles. The van der Waals surface area contributed by atoms with Gasteiger partial charge >= 0.3 is 12.4 Å². The minimum atomic E-state index is -4.83. The average molecular weight is 450 g/mol. The van der Waals surface area contributed by atoms with Gasteiger partial charge in [-0.15, -0.1) is 13.2 Å². The molecule has 2 aromatic carbocycles. The SMILES string of the molecule is CC(c1ccnc2c(Cl)cccc12)C1NC(=O)N(c2ccc(OC(F)(F)F)cc2)C1=O. The quantitative estimate of drug-likeness (QED) is 0.568. The summed E-state index contributed by atoms with van der Waals surface area (Å²) >= 11 is 6.21. The number of pyridine rings is 1. The number of halogens is 4. The molecule has 2 unspecified atom stereocenters. The van der Waals surface area contributed by atoms with Crippen LogP contribution in [0.3, 0.4) is 0 Å². The van der Waals surface area contributed by atoms with Gasteiger partial charge in [-0.2, -0.15) is 0 Å². The first-order chi connectivity index (χ1) is 14.7. The molecule has 1 aromatic heterocycles. The molecule has 1 fully saturated rings. The molecule has 0 aliphatic carbocycles. The van der Waals surface area contributed by atoms with Gasteiger partial charge in [-0.3, -0.25) is 9.78 Å². The van der Waals surface area contributed by atoms with Crippen LogP contribution in [0.1, 0.15) is 18.4 Å². The number of rotatable bonds is 4. The van der Waals surface area contributed by atoms with Gasteiger partial charge in [-0.25, -0.2) is 9.69 Å². The van der Waals surface area contributed by atoms with E-state index in [1.165, 1.54) is 12.1 Å². The van der Waals surface area contributed by atoms with E-state index >= 15 is 0 Å². The number of nitrogens with one attached hydrogen (secondary N) is 1. The highest BCUT2D eigenvalue weighted by Crippen LogP contribution is 2.33. The van der Waals surface area contributed by atoms with Gasteiger partial charge < -0.3 is 10.1 Å². The van der Waals surface area contributed by atoms with Crippen LogP contribution in [-0.2, 0) is 4.79 Å². The Morgan fingerprint density at radius 3 is 2.52 bits per heavy atom. The lowest BCUT2D eigenvalue weighted by Gasteiger charge is -2.20. The van der Waals surface area contributed by atoms with Crippen LogP contribution in [0.5, 0.6) is 5.75 Å². The van der Waals surface area contributed by atoms with E-state index in [1.54, 1.807) is 31.3 Å². The van der Waals surface area contributed by atoms with Gasteiger partial charge in [0.15, 0.2) is 0 Å². The third kappa shape index (κ3) is 4.00. The van der Waals surface area contributed by atoms with E-state index in [-0.39, 0.29) is 5.69 Å². The zero-order valence-corrected chi connectivity index (χ0v) is 16.7. The van der Waals surface area contributed by atoms with E-state index in [0.717, 1.165) is 28.0 Å². The first-order valence-corrected chi connectivity index (χ1v) is 9.57. The highest BCUT2D eigenvalue weighted by molar-refractivity contribution is 6.35. The minimum Gasteiger partial charge on any atom is -0.406 e. The van der Waals surface area contributed by atoms with Crippen LogP contribution in [0.25, 0.3) is 10.9 Å². The van der Waals surface area contributed by atoms with Crippen molar-refractivity contribution >= 4 is 40.1 Å². The summed E-state index contributed by atoms with van der Waals surface area (Å²) in [6.45, 7) is 1.79. The zero-order chi connectivity index (χ0) is 22.3. The Morgan fingerprint density at radius 1 is 1.13 bits per heavy atom. The van der Waals surface area contributed by atoms with Gasteiger partial charge in [-0.05, 0) is 42.0 Å². The zero-order valence-electron chi connectivity index (χ0n) is 16.0. The molecule has 2 atom stereocenters. The van der Waals surface area contributed by atoms with Crippen molar-refractivity contribution in [2.24, 2.45) is 0 Å². The molecule has 31 heavy (non-hydrogen) atoms. The van der Waals surface area contributed by atoms with Gasteiger partial charge in [0.25, 0.3) is 5.91 Å². The smallest absolute Gasteiger partial charge is 0.406 e. The maximum atomic E-state index is 13.0. The van der Waals surface area contributed by atoms with Crippen molar-refractivity contribution in [1.82, 2.24) is 10.3 Å². The molecule has 3 amide bonds. The fraction of sp³-hybridized carbons (Fsp3) is 0.190. The van der Waals surface area contributed by atoms with Crippen molar-refractivity contribution in [2.45, 2.75) is 25.2 Å². The van der Waals surface area contributed by atoms with Gasteiger partial charge in [0.1, 0.15) is 11.8 Å². The summed E-state index contributed by atoms with van der Waals surface area (Å²) in [6, 6.07) is 10.0. The number of imide groups is 1. The number of urea groups is 1. The van der Waals surface area contributed by atoms with Crippen LogP contribution in [0.15, 0.2) is 54.7 Å². The lowest BCUT2D eigenvalue weighted by Crippen LogP contribution is -2.35. The van der Waals surface area contributed by atoms with E-state index < -0.39 is 36.0 Å². The summed E-state index contributed by atoms with van der Waals surface area (Å²) < 4.78 is 40.8. The number of fused-ring (bicyclic) bond motifs is 1. The Balaban J connectivity index is 1.61. The highest BCUT2D eigenvalue weighted by atomic mass is 35.5. The van der Waals surface area contributed by atoms with Gasteiger partial charge in [0, 0.05) is 17.5 Å². The van der Waals surface area contributed by atoms with Gasteiger partial charge in [-0.1, -0.05) is 30.7 Å². The molecule has 0 spiro atoms. The van der Waals surface area contributed by atoms with Crippen molar-refractivity contribution < 1.29 is 27.5 Å². The molecule has 0 saturated carbocycles. The lowest BCUT2D eigenvalue weighted by atomic mass is 9.90. The Bertz CT molecular complexity index is 1170. The number of nitrogens with zero attached hydrogens (tertiary/aromatic N) is 2. The van der Waals surface area contributed by atoms with Crippen LogP contribution >= 0.6 is 11.6 Å². The largest absolute Gasteiger partial charge is 0.573 e. The molecular weight excluding hydrogens is 435 g/mol. The highest BCUT2D eigenvalue weighted by Gasteiger charge is 2.42. The van der Waals surface area contributed by atoms with Crippen molar-refractivity contribution in [2.75, 3.05) is 4.90 Å². The van der Waals surface area contributed by atoms with E-state index in [4.69, 9.17) is 11.6 Å². The number of aromatic nitrogens is 1. The number of para-hydroxylation sites is 1. The predicted molar refractivity (Wildman–Crippen MR) is 108 cm³/mol. The summed E-state index contributed by atoms with van der Waals surface area (Å²) in [4.78, 5) is 30.7. The van der Waals surface area contributed by atoms with Crippen molar-refractivity contribution in [3.05, 3.63) is 65.3 Å². The molecule has 1 aliphatic rings. The second-order valence-electron chi connectivity index (χ2n) is 6.97. The summed E-state index contributed by atoms with van der Waals surface area (Å²) in [5.41, 5.74) is 1.50. The third-order valence-corrected chi connectivity index (χ3v) is 5.35. The second kappa shape index (κ2) is 7.73. The normalized spacial score (nSPS) is 17.7. The number of hydrogen-bond donors (Lipinski definition) is 1. The van der Waals surface area contributed by atoms with Crippen LogP contribution in [0, 0.1) is 0 Å². The van der Waals surface area contributed by atoms with Crippen LogP contribution in [-0.4, -0.2) is 29.3 Å². The first kappa shape index (κ1) is 20.9. The summed E-state index contributed by atoms with van der Waals surface area (Å²) in [5.74, 6) is -1.39. The van der Waals surface area contributed by atoms with Gasteiger partial charge in [0.05, 0.1) is 16.2 Å². The molecule has 0 bridgehead atoms. The average Bonchev–Trinajstić information content (AvgIpc) is 3.01. The monoisotopic (exact) mass is 449 g/mol. The number of carbonyl (C=O) groups excluding carboxylic acids is 2. The topological polar surface area (TPSA) is 71.5 Å². The Hall–Kier alpha value is -3.33. The van der Waals surface area contributed by atoms with E-state index in [2.05, 4.69) is 15.0 Å². The molecule has 2 heterocycles. The van der Waals surface area contributed by atoms with E-state index in [0.29, 0.717) is 10.5 Å². The fourth-order valence-corrected chi connectivity index (χ4v) is 3.84. The molecule has 0 radical (unpaired) electrons. The molecule has 1 saturated heterocycles. The predicted octanol–water partition coefficient (Wildman–Crippen LogP) is 5.02. The third-order valence-electron chi connectivity index (χ3n) is 5.04. The number of anilines is 1. The number of amides is 3. The molecule has 160 valence electrons. The molecule has 6 nitrogen and oxygen atoms in total. The molecular formula is C21H15ClF3N3O3. The Morgan fingerprint density at radius 2 is 1.84 bits per heavy atom. The standard InChI is InChI=1S/C21H15ClF3N3O3/c1-11(14-9-10-26-18-15(14)3-2-4-16(18)22)17-19(29)28(20(30)27-17)12-5-7-13(8-6-12)31-21(23,24)25/h2-11,17H,1H3,(H,27,30). The fourth-order valence-electron chi connectivity index (χ4n) is 3.62. The number of benzene rings is 2. The van der Waals surface area contributed by atoms with E-state index in [1.807, 2.05) is 6.07 Å². The number of carbonyl (C=O) groups is 2. The first-order valence-electron chi connectivity index (χ1n) is 9.19. The Labute approximate surface area is 179 Å². The number of hydrogen-bond acceptors (Lipinski definition) is 4. The number of ether oxygens (including phenoxy) is 1. The molecule has 3 aromatic rings. The second-order valence-corrected chi connectivity index (χ2v) is 7.37. The van der Waals surface area contributed by atoms with Crippen LogP contribution in [0.4, 0.5) is 23.7 Å². The Kier molecular flexibility index (Phi) is 5.22. The molecule has 4 rings (SSSR count). The maximum Gasteiger partial charge on any atom is 0.573 e.